The number of rotatable bonds is 6. The van der Waals surface area contributed by atoms with Crippen LogP contribution in [-0.4, -0.2) is 64.9 Å². The van der Waals surface area contributed by atoms with Crippen LogP contribution >= 0.6 is 0 Å². The average molecular weight is 429 g/mol. The molecule has 1 heterocycles. The molecule has 1 N–H and O–H groups in total. The number of cyclic esters (lactones) is 1. The van der Waals surface area contributed by atoms with Gasteiger partial charge in [-0.15, -0.1) is 0 Å². The van der Waals surface area contributed by atoms with Crippen molar-refractivity contribution in [1.29, 1.82) is 0 Å². The van der Waals surface area contributed by atoms with Crippen molar-refractivity contribution in [3.63, 3.8) is 0 Å². The summed E-state index contributed by atoms with van der Waals surface area (Å²) >= 11 is 0. The summed E-state index contributed by atoms with van der Waals surface area (Å²) in [6, 6.07) is 0. The van der Waals surface area contributed by atoms with Gasteiger partial charge >= 0.3 is 41.5 Å². The zero-order valence-corrected chi connectivity index (χ0v) is 18.2. The Balaban J connectivity index is 0.00000320. The second-order valence-electron chi connectivity index (χ2n) is 9.36. The van der Waals surface area contributed by atoms with Gasteiger partial charge in [-0.1, -0.05) is 45.9 Å². The molecule has 3 rings (SSSR count). The van der Waals surface area contributed by atoms with Gasteiger partial charge in [0.25, 0.3) is 0 Å². The molecule has 1 aliphatic heterocycles. The van der Waals surface area contributed by atoms with Gasteiger partial charge in [-0.3, -0.25) is 9.59 Å². The Hall–Kier alpha value is -0.620. The summed E-state index contributed by atoms with van der Waals surface area (Å²) in [4.78, 5) is 24.2. The summed E-state index contributed by atoms with van der Waals surface area (Å²) in [6.07, 6.45) is 9.70. The zero-order chi connectivity index (χ0) is 21.1. The monoisotopic (exact) mass is 428 g/mol. The first kappa shape index (κ1) is 25.6. The van der Waals surface area contributed by atoms with Crippen molar-refractivity contribution in [2.24, 2.45) is 29.6 Å². The molecule has 0 aromatic rings. The predicted molar refractivity (Wildman–Crippen MR) is 118 cm³/mol. The standard InChI is InChI=1S/C24H36O5.Na.H/c1-5-15(3)24(27)29-21-11-14(2)10-17-7-6-16(4)20(23(17)21)9-8-19-12-18(25)13-22(26)28-19;;/h6-7,10,14-16,18-21,23,25H,5,8-9,11-13H2,1-4H3;;/t14-,15-,16-,18+,19+,20-,21-,23-;;/m0../s1. The van der Waals surface area contributed by atoms with Crippen LogP contribution in [0.4, 0.5) is 0 Å². The van der Waals surface area contributed by atoms with E-state index in [1.54, 1.807) is 0 Å². The number of hydrogen-bond donors (Lipinski definition) is 1. The summed E-state index contributed by atoms with van der Waals surface area (Å²) in [5.74, 6) is 0.755. The number of fused-ring (bicyclic) bond motifs is 1. The first-order chi connectivity index (χ1) is 13.8. The molecule has 0 spiro atoms. The van der Waals surface area contributed by atoms with E-state index in [4.69, 9.17) is 9.47 Å². The van der Waals surface area contributed by atoms with E-state index in [1.165, 1.54) is 5.57 Å². The molecule has 30 heavy (non-hydrogen) atoms. The minimum absolute atomic E-state index is 0. The quantitative estimate of drug-likeness (QED) is 0.517. The molecule has 0 radical (unpaired) electrons. The Bertz CT molecular complexity index is 673. The first-order valence-corrected chi connectivity index (χ1v) is 11.3. The molecular formula is C24H37NaO5. The fraction of sp³-hybridized carbons (Fsp3) is 0.750. The van der Waals surface area contributed by atoms with Crippen molar-refractivity contribution >= 4 is 41.5 Å². The normalized spacial score (nSPS) is 36.6. The van der Waals surface area contributed by atoms with Gasteiger partial charge in [-0.05, 0) is 49.0 Å². The van der Waals surface area contributed by atoms with Crippen molar-refractivity contribution in [3.8, 4) is 0 Å². The van der Waals surface area contributed by atoms with Crippen molar-refractivity contribution in [2.75, 3.05) is 0 Å². The fourth-order valence-electron chi connectivity index (χ4n) is 5.07. The molecule has 0 bridgehead atoms. The van der Waals surface area contributed by atoms with Crippen LogP contribution in [0.1, 0.15) is 66.2 Å². The van der Waals surface area contributed by atoms with E-state index in [0.717, 1.165) is 25.7 Å². The van der Waals surface area contributed by atoms with E-state index in [2.05, 4.69) is 32.1 Å². The van der Waals surface area contributed by atoms with Gasteiger partial charge in [0.1, 0.15) is 12.2 Å². The van der Waals surface area contributed by atoms with Gasteiger partial charge in [-0.2, -0.15) is 0 Å². The Morgan fingerprint density at radius 2 is 2.03 bits per heavy atom. The van der Waals surface area contributed by atoms with Gasteiger partial charge in [-0.25, -0.2) is 0 Å². The van der Waals surface area contributed by atoms with Crippen molar-refractivity contribution in [1.82, 2.24) is 0 Å². The van der Waals surface area contributed by atoms with Crippen LogP contribution < -0.4 is 0 Å². The molecule has 0 saturated carbocycles. The summed E-state index contributed by atoms with van der Waals surface area (Å²) in [5.41, 5.74) is 1.27. The minimum atomic E-state index is -0.597. The van der Waals surface area contributed by atoms with Gasteiger partial charge in [0.05, 0.1) is 18.4 Å². The number of carbonyl (C=O) groups excluding carboxylic acids is 2. The van der Waals surface area contributed by atoms with Crippen LogP contribution in [0.15, 0.2) is 23.8 Å². The van der Waals surface area contributed by atoms with Crippen molar-refractivity contribution in [2.45, 2.75) is 84.5 Å². The molecular weight excluding hydrogens is 391 g/mol. The number of ether oxygens (including phenoxy) is 2. The SMILES string of the molecule is CC[C@H](C)C(=O)O[C@H]1C[C@@H](C)C=C2C=C[C@H](C)[C@H](CC[C@@H]3C[C@@H](O)CC(=O)O3)[C@H]21.[NaH]. The molecule has 6 heteroatoms. The van der Waals surface area contributed by atoms with Crippen LogP contribution in [0, 0.1) is 29.6 Å². The van der Waals surface area contributed by atoms with Crippen LogP contribution in [0.25, 0.3) is 0 Å². The Morgan fingerprint density at radius 1 is 1.30 bits per heavy atom. The third kappa shape index (κ3) is 6.21. The van der Waals surface area contributed by atoms with Gasteiger partial charge < -0.3 is 14.6 Å². The second-order valence-corrected chi connectivity index (χ2v) is 9.36. The molecule has 164 valence electrons. The first-order valence-electron chi connectivity index (χ1n) is 11.3. The number of allylic oxidation sites excluding steroid dienone is 3. The van der Waals surface area contributed by atoms with Crippen LogP contribution in [-0.2, 0) is 19.1 Å². The Morgan fingerprint density at radius 3 is 2.70 bits per heavy atom. The molecule has 3 aliphatic rings. The number of aliphatic hydroxyl groups is 1. The van der Waals surface area contributed by atoms with E-state index in [-0.39, 0.29) is 72.0 Å². The predicted octanol–water partition coefficient (Wildman–Crippen LogP) is 3.55. The van der Waals surface area contributed by atoms with Crippen LogP contribution in [0.5, 0.6) is 0 Å². The number of esters is 2. The summed E-state index contributed by atoms with van der Waals surface area (Å²) < 4.78 is 11.5. The molecule has 2 aliphatic carbocycles. The summed E-state index contributed by atoms with van der Waals surface area (Å²) in [7, 11) is 0. The molecule has 0 aromatic heterocycles. The third-order valence-corrected chi connectivity index (χ3v) is 6.93. The molecule has 5 nitrogen and oxygen atoms in total. The molecule has 0 unspecified atom stereocenters. The topological polar surface area (TPSA) is 72.8 Å². The number of hydrogen-bond acceptors (Lipinski definition) is 5. The molecule has 0 aromatic carbocycles. The van der Waals surface area contributed by atoms with Gasteiger partial charge in [0.15, 0.2) is 0 Å². The molecule has 8 atom stereocenters. The van der Waals surface area contributed by atoms with Crippen LogP contribution in [0.2, 0.25) is 0 Å². The van der Waals surface area contributed by atoms with Crippen molar-refractivity contribution < 1.29 is 24.2 Å². The molecule has 1 fully saturated rings. The fourth-order valence-corrected chi connectivity index (χ4v) is 5.07. The molecule has 1 saturated heterocycles. The van der Waals surface area contributed by atoms with E-state index >= 15 is 0 Å². The van der Waals surface area contributed by atoms with Gasteiger partial charge in [0, 0.05) is 12.3 Å². The third-order valence-electron chi connectivity index (χ3n) is 6.93. The summed E-state index contributed by atoms with van der Waals surface area (Å²) in [5, 5.41) is 9.89. The van der Waals surface area contributed by atoms with E-state index in [1.807, 2.05) is 13.8 Å². The second kappa shape index (κ2) is 11.3. The van der Waals surface area contributed by atoms with Crippen LogP contribution in [0.3, 0.4) is 0 Å². The number of carbonyl (C=O) groups is 2. The van der Waals surface area contributed by atoms with Crippen molar-refractivity contribution in [3.05, 3.63) is 23.8 Å². The zero-order valence-electron chi connectivity index (χ0n) is 18.2. The maximum atomic E-state index is 12.5. The van der Waals surface area contributed by atoms with E-state index in [9.17, 15) is 14.7 Å². The molecule has 0 amide bonds. The summed E-state index contributed by atoms with van der Waals surface area (Å²) in [6.45, 7) is 8.33. The number of aliphatic hydroxyl groups excluding tert-OH is 1. The Labute approximate surface area is 202 Å². The van der Waals surface area contributed by atoms with Gasteiger partial charge in [0.2, 0.25) is 0 Å². The van der Waals surface area contributed by atoms with E-state index in [0.29, 0.717) is 24.2 Å². The average Bonchev–Trinajstić information content (AvgIpc) is 2.65. The van der Waals surface area contributed by atoms with E-state index < -0.39 is 6.10 Å². The maximum absolute atomic E-state index is 12.5. The Kier molecular flexibility index (Phi) is 9.66.